The number of rotatable bonds is 4. The van der Waals surface area contributed by atoms with Crippen molar-refractivity contribution >= 4 is 5.69 Å². The van der Waals surface area contributed by atoms with Crippen molar-refractivity contribution in [2.24, 2.45) is 0 Å². The summed E-state index contributed by atoms with van der Waals surface area (Å²) in [7, 11) is 0. The van der Waals surface area contributed by atoms with E-state index >= 15 is 0 Å². The van der Waals surface area contributed by atoms with Crippen LogP contribution in [0.25, 0.3) is 0 Å². The monoisotopic (exact) mass is 261 g/mol. The second-order valence-electron chi connectivity index (χ2n) is 5.05. The Morgan fingerprint density at radius 2 is 1.61 bits per heavy atom. The van der Waals surface area contributed by atoms with E-state index in [1.807, 2.05) is 24.3 Å². The van der Waals surface area contributed by atoms with Gasteiger partial charge in [-0.3, -0.25) is 4.74 Å². The van der Waals surface area contributed by atoms with E-state index in [1.165, 1.54) is 5.56 Å². The molecule has 1 aromatic rings. The molecule has 0 aliphatic carbocycles. The van der Waals surface area contributed by atoms with Gasteiger partial charge in [-0.2, -0.15) is 0 Å². The molecule has 0 spiro atoms. The van der Waals surface area contributed by atoms with E-state index in [2.05, 4.69) is 30.8 Å². The minimum absolute atomic E-state index is 0.0674. The van der Waals surface area contributed by atoms with Crippen LogP contribution in [-0.2, 0) is 10.2 Å². The highest BCUT2D eigenvalue weighted by Gasteiger charge is 2.28. The number of benzene rings is 1. The van der Waals surface area contributed by atoms with Gasteiger partial charge in [-0.25, -0.2) is 0 Å². The van der Waals surface area contributed by atoms with Gasteiger partial charge in [0.15, 0.2) is 0 Å². The van der Waals surface area contributed by atoms with Crippen molar-refractivity contribution in [3.05, 3.63) is 29.8 Å². The predicted molar refractivity (Wildman–Crippen MR) is 65.6 cm³/mol. The smallest absolute Gasteiger partial charge is 0.383 e. The van der Waals surface area contributed by atoms with Gasteiger partial charge >= 0.3 is 6.36 Å². The molecule has 0 saturated carbocycles. The lowest BCUT2D eigenvalue weighted by Gasteiger charge is -2.19. The molecule has 1 N–H and O–H groups in total. The molecule has 0 aliphatic heterocycles. The van der Waals surface area contributed by atoms with Crippen molar-refractivity contribution in [3.63, 3.8) is 0 Å². The highest BCUT2D eigenvalue weighted by molar-refractivity contribution is 5.45. The number of hydrogen-bond acceptors (Lipinski definition) is 2. The molecule has 0 aliphatic rings. The van der Waals surface area contributed by atoms with Gasteiger partial charge in [-0.15, -0.1) is 13.2 Å². The standard InChI is InChI=1S/C13H18F3NO/c1-12(2,3)10-4-6-11(7-5-10)17-8-9-18-13(14,15)16/h4-7,17H,8-9H2,1-3H3. The van der Waals surface area contributed by atoms with Gasteiger partial charge in [0, 0.05) is 12.2 Å². The Labute approximate surface area is 105 Å². The van der Waals surface area contributed by atoms with Crippen molar-refractivity contribution in [3.8, 4) is 0 Å². The normalized spacial score (nSPS) is 12.6. The van der Waals surface area contributed by atoms with Crippen LogP contribution in [0.2, 0.25) is 0 Å². The van der Waals surface area contributed by atoms with Crippen LogP contribution in [0.5, 0.6) is 0 Å². The molecule has 0 fully saturated rings. The number of alkyl halides is 3. The first-order valence-corrected chi connectivity index (χ1v) is 5.73. The van der Waals surface area contributed by atoms with Crippen molar-refractivity contribution in [2.45, 2.75) is 32.5 Å². The number of nitrogens with one attached hydrogen (secondary N) is 1. The zero-order valence-electron chi connectivity index (χ0n) is 10.8. The van der Waals surface area contributed by atoms with E-state index in [0.717, 1.165) is 5.69 Å². The fraction of sp³-hybridized carbons (Fsp3) is 0.538. The molecule has 1 aromatic carbocycles. The van der Waals surface area contributed by atoms with Crippen LogP contribution < -0.4 is 5.32 Å². The van der Waals surface area contributed by atoms with Crippen LogP contribution in [0.4, 0.5) is 18.9 Å². The fourth-order valence-corrected chi connectivity index (χ4v) is 1.45. The third-order valence-electron chi connectivity index (χ3n) is 2.45. The van der Waals surface area contributed by atoms with Crippen LogP contribution in [-0.4, -0.2) is 19.5 Å². The summed E-state index contributed by atoms with van der Waals surface area (Å²) in [5.41, 5.74) is 2.03. The Balaban J connectivity index is 2.41. The third-order valence-corrected chi connectivity index (χ3v) is 2.45. The van der Waals surface area contributed by atoms with Gasteiger partial charge in [0.25, 0.3) is 0 Å². The summed E-state index contributed by atoms with van der Waals surface area (Å²) >= 11 is 0. The summed E-state index contributed by atoms with van der Waals surface area (Å²) < 4.78 is 38.8. The van der Waals surface area contributed by atoms with Gasteiger partial charge in [0.05, 0.1) is 6.61 Å². The molecule has 0 heterocycles. The maximum Gasteiger partial charge on any atom is 0.522 e. The molecule has 0 atom stereocenters. The van der Waals surface area contributed by atoms with E-state index < -0.39 is 13.0 Å². The highest BCUT2D eigenvalue weighted by atomic mass is 19.4. The first kappa shape index (κ1) is 14.8. The summed E-state index contributed by atoms with van der Waals surface area (Å²) in [6.45, 7) is 6.03. The second-order valence-corrected chi connectivity index (χ2v) is 5.05. The molecular formula is C13H18F3NO. The maximum atomic E-state index is 11.7. The van der Waals surface area contributed by atoms with Gasteiger partial charge < -0.3 is 5.32 Å². The van der Waals surface area contributed by atoms with Gasteiger partial charge in [0.1, 0.15) is 0 Å². The van der Waals surface area contributed by atoms with Gasteiger partial charge in [-0.1, -0.05) is 32.9 Å². The largest absolute Gasteiger partial charge is 0.522 e. The molecular weight excluding hydrogens is 243 g/mol. The summed E-state index contributed by atoms with van der Waals surface area (Å²) in [4.78, 5) is 0. The summed E-state index contributed by atoms with van der Waals surface area (Å²) in [6, 6.07) is 7.64. The number of hydrogen-bond donors (Lipinski definition) is 1. The summed E-state index contributed by atoms with van der Waals surface area (Å²) in [5, 5.41) is 2.87. The average Bonchev–Trinajstić information content (AvgIpc) is 2.22. The minimum Gasteiger partial charge on any atom is -0.383 e. The highest BCUT2D eigenvalue weighted by Crippen LogP contribution is 2.23. The third kappa shape index (κ3) is 5.40. The molecule has 0 radical (unpaired) electrons. The molecule has 102 valence electrons. The Bertz CT molecular complexity index is 365. The predicted octanol–water partition coefficient (Wildman–Crippen LogP) is 3.93. The lowest BCUT2D eigenvalue weighted by molar-refractivity contribution is -0.322. The maximum absolute atomic E-state index is 11.7. The quantitative estimate of drug-likeness (QED) is 0.829. The number of halogens is 3. The lowest BCUT2D eigenvalue weighted by Crippen LogP contribution is -2.19. The van der Waals surface area contributed by atoms with Crippen LogP contribution in [0.15, 0.2) is 24.3 Å². The van der Waals surface area contributed by atoms with E-state index in [9.17, 15) is 13.2 Å². The van der Waals surface area contributed by atoms with Crippen LogP contribution >= 0.6 is 0 Å². The molecule has 18 heavy (non-hydrogen) atoms. The molecule has 1 rings (SSSR count). The van der Waals surface area contributed by atoms with Crippen molar-refractivity contribution in [1.82, 2.24) is 0 Å². The van der Waals surface area contributed by atoms with E-state index in [-0.39, 0.29) is 12.0 Å². The van der Waals surface area contributed by atoms with Crippen LogP contribution in [0, 0.1) is 0 Å². The number of ether oxygens (including phenoxy) is 1. The lowest BCUT2D eigenvalue weighted by atomic mass is 9.87. The van der Waals surface area contributed by atoms with E-state index in [0.29, 0.717) is 0 Å². The van der Waals surface area contributed by atoms with Crippen molar-refractivity contribution < 1.29 is 17.9 Å². The summed E-state index contributed by atoms with van der Waals surface area (Å²) in [6.07, 6.45) is -4.56. The molecule has 5 heteroatoms. The molecule has 2 nitrogen and oxygen atoms in total. The minimum atomic E-state index is -4.56. The first-order valence-electron chi connectivity index (χ1n) is 5.73. The van der Waals surface area contributed by atoms with Crippen molar-refractivity contribution in [1.29, 1.82) is 0 Å². The van der Waals surface area contributed by atoms with Gasteiger partial charge in [-0.05, 0) is 23.1 Å². The molecule has 0 saturated heterocycles. The van der Waals surface area contributed by atoms with E-state index in [4.69, 9.17) is 0 Å². The summed E-state index contributed by atoms with van der Waals surface area (Å²) in [5.74, 6) is 0. The average molecular weight is 261 g/mol. The Kier molecular flexibility index (Phi) is 4.62. The second kappa shape index (κ2) is 5.61. The SMILES string of the molecule is CC(C)(C)c1ccc(NCCOC(F)(F)F)cc1. The molecule has 0 aromatic heterocycles. The van der Waals surface area contributed by atoms with Crippen LogP contribution in [0.1, 0.15) is 26.3 Å². The van der Waals surface area contributed by atoms with Crippen LogP contribution in [0.3, 0.4) is 0 Å². The Morgan fingerprint density at radius 1 is 1.06 bits per heavy atom. The fourth-order valence-electron chi connectivity index (χ4n) is 1.45. The molecule has 0 bridgehead atoms. The van der Waals surface area contributed by atoms with E-state index in [1.54, 1.807) is 0 Å². The first-order chi connectivity index (χ1) is 8.18. The van der Waals surface area contributed by atoms with Crippen molar-refractivity contribution in [2.75, 3.05) is 18.5 Å². The Hall–Kier alpha value is -1.23. The Morgan fingerprint density at radius 3 is 2.06 bits per heavy atom. The topological polar surface area (TPSA) is 21.3 Å². The molecule has 0 unspecified atom stereocenters. The molecule has 0 amide bonds. The zero-order valence-corrected chi connectivity index (χ0v) is 10.8. The zero-order chi connectivity index (χ0) is 13.8. The van der Waals surface area contributed by atoms with Gasteiger partial charge in [0.2, 0.25) is 0 Å². The number of anilines is 1.